The second kappa shape index (κ2) is 53.0. The van der Waals surface area contributed by atoms with Gasteiger partial charge < -0.3 is 17.0 Å². The van der Waals surface area contributed by atoms with Crippen molar-refractivity contribution in [1.29, 1.82) is 0 Å². The Hall–Kier alpha value is 0.910. The van der Waals surface area contributed by atoms with Gasteiger partial charge in [-0.1, -0.05) is 315 Å². The van der Waals surface area contributed by atoms with Crippen LogP contribution in [0.5, 0.6) is 0 Å². The predicted molar refractivity (Wildman–Crippen MR) is 266 cm³/mol. The van der Waals surface area contributed by atoms with Crippen LogP contribution >= 0.6 is 7.26 Å². The molecule has 346 valence electrons. The van der Waals surface area contributed by atoms with Gasteiger partial charge in [0.05, 0.1) is 6.16 Å². The van der Waals surface area contributed by atoms with Gasteiger partial charge in [0.2, 0.25) is 0 Å². The second-order valence-electron chi connectivity index (χ2n) is 20.3. The van der Waals surface area contributed by atoms with E-state index in [0.717, 1.165) is 0 Å². The fraction of sp³-hybridized carbons (Fsp3) is 1.00. The molecule has 0 saturated heterocycles. The maximum atomic E-state index is 2.49. The molecule has 0 aliphatic carbocycles. The van der Waals surface area contributed by atoms with Gasteiger partial charge in [-0.2, -0.15) is 0 Å². The highest BCUT2D eigenvalue weighted by molar-refractivity contribution is 7.73. The van der Waals surface area contributed by atoms with Crippen molar-refractivity contribution in [3.8, 4) is 0 Å². The molecule has 0 radical (unpaired) electrons. The molecule has 0 N–H and O–H groups in total. The van der Waals surface area contributed by atoms with Crippen LogP contribution < -0.4 is 17.0 Å². The highest BCUT2D eigenvalue weighted by atomic mass is 79.9. The molecule has 0 atom stereocenters. The molecule has 0 aliphatic rings. The van der Waals surface area contributed by atoms with Crippen LogP contribution in [0, 0.1) is 0 Å². The maximum absolute atomic E-state index is 2.49. The third-order valence-corrected chi connectivity index (χ3v) is 14.8. The number of hydrogen-bond donors (Lipinski definition) is 0. The number of halogens is 1. The zero-order chi connectivity index (χ0) is 40.6. The quantitative estimate of drug-likeness (QED) is 0.0422. The van der Waals surface area contributed by atoms with Crippen molar-refractivity contribution in [2.45, 2.75) is 328 Å². The minimum Gasteiger partial charge on any atom is -1.00 e. The molecule has 0 aromatic rings. The molecule has 0 aliphatic heterocycles. The summed E-state index contributed by atoms with van der Waals surface area (Å²) < 4.78 is 0. The third kappa shape index (κ3) is 59.0. The summed E-state index contributed by atoms with van der Waals surface area (Å²) in [6.07, 6.45) is 76.1. The molecule has 0 nitrogen and oxygen atoms in total. The van der Waals surface area contributed by atoms with E-state index in [1.165, 1.54) is 327 Å². The number of rotatable bonds is 51. The van der Waals surface area contributed by atoms with Gasteiger partial charge in [0.25, 0.3) is 0 Å². The van der Waals surface area contributed by atoms with Gasteiger partial charge in [0.1, 0.15) is 0 Å². The summed E-state index contributed by atoms with van der Waals surface area (Å²) in [5.41, 5.74) is 0. The normalized spacial score (nSPS) is 11.8. The average molecular weight is 886 g/mol. The zero-order valence-electron chi connectivity index (χ0n) is 40.9. The van der Waals surface area contributed by atoms with Crippen molar-refractivity contribution in [2.75, 3.05) is 26.2 Å². The van der Waals surface area contributed by atoms with Crippen LogP contribution in [0.3, 0.4) is 0 Å². The van der Waals surface area contributed by atoms with E-state index >= 15 is 0 Å². The SMILES string of the molecule is CCCCCCCCCCCCCCCCCCCCCCCCCCCCCCCCCCCCCCCCCCCCCCCCCCCC[P+](C)(C)C.[Br-]. The molecule has 0 bridgehead atoms. The van der Waals surface area contributed by atoms with Crippen molar-refractivity contribution in [1.82, 2.24) is 0 Å². The van der Waals surface area contributed by atoms with E-state index in [1.807, 2.05) is 0 Å². The Morgan fingerprint density at radius 2 is 0.281 bits per heavy atom. The summed E-state index contributed by atoms with van der Waals surface area (Å²) in [6, 6.07) is 0. The molecule has 0 saturated carbocycles. The Labute approximate surface area is 376 Å². The summed E-state index contributed by atoms with van der Waals surface area (Å²) in [7, 11) is -0.525. The average Bonchev–Trinajstić information content (AvgIpc) is 3.18. The first-order valence-corrected chi connectivity index (χ1v) is 30.7. The predicted octanol–water partition coefficient (Wildman–Crippen LogP) is 18.4. The summed E-state index contributed by atoms with van der Waals surface area (Å²) in [5.74, 6) is 0. The molecule has 0 aromatic carbocycles. The van der Waals surface area contributed by atoms with Crippen molar-refractivity contribution in [3.05, 3.63) is 0 Å². The van der Waals surface area contributed by atoms with Crippen LogP contribution in [-0.4, -0.2) is 26.2 Å². The first-order chi connectivity index (χ1) is 27.6. The van der Waals surface area contributed by atoms with Crippen LogP contribution in [0.2, 0.25) is 0 Å². The minimum atomic E-state index is -0.525. The van der Waals surface area contributed by atoms with Crippen molar-refractivity contribution < 1.29 is 17.0 Å². The van der Waals surface area contributed by atoms with Gasteiger partial charge in [0, 0.05) is 27.3 Å². The highest BCUT2D eigenvalue weighted by Crippen LogP contribution is 2.47. The lowest BCUT2D eigenvalue weighted by molar-refractivity contribution is -0.0000126. The van der Waals surface area contributed by atoms with Gasteiger partial charge in [-0.3, -0.25) is 0 Å². The van der Waals surface area contributed by atoms with Gasteiger partial charge in [-0.15, -0.1) is 0 Å². The first kappa shape index (κ1) is 60.0. The van der Waals surface area contributed by atoms with E-state index in [2.05, 4.69) is 26.9 Å². The Morgan fingerprint density at radius 3 is 0.386 bits per heavy atom. The summed E-state index contributed by atoms with van der Waals surface area (Å²) in [5, 5.41) is 0. The Balaban J connectivity index is 0. The van der Waals surface area contributed by atoms with Crippen molar-refractivity contribution >= 4 is 7.26 Å². The maximum Gasteiger partial charge on any atom is 0.0586 e. The molecule has 0 rings (SSSR count). The molecular weight excluding hydrogens is 771 g/mol. The lowest BCUT2D eigenvalue weighted by Gasteiger charge is -2.10. The number of unbranched alkanes of at least 4 members (excludes halogenated alkanes) is 49. The lowest BCUT2D eigenvalue weighted by atomic mass is 10.0. The van der Waals surface area contributed by atoms with Crippen LogP contribution in [0.4, 0.5) is 0 Å². The Bertz CT molecular complexity index is 670. The molecule has 0 heterocycles. The van der Waals surface area contributed by atoms with E-state index in [0.29, 0.717) is 0 Å². The second-order valence-corrected chi connectivity index (χ2v) is 25.4. The van der Waals surface area contributed by atoms with Crippen LogP contribution in [0.15, 0.2) is 0 Å². The minimum absolute atomic E-state index is 0. The standard InChI is InChI=1S/C55H114P.BrH/c1-5-6-7-8-9-10-11-12-13-14-15-16-17-18-19-20-21-22-23-24-25-26-27-28-29-30-31-32-33-34-35-36-37-38-39-40-41-42-43-44-45-46-47-48-49-50-51-52-53-54-55-56(2,3)4;/h5-55H2,1-4H3;1H/q+1;/p-1. The third-order valence-electron chi connectivity index (χ3n) is 13.2. The van der Waals surface area contributed by atoms with E-state index in [-0.39, 0.29) is 17.0 Å². The highest BCUT2D eigenvalue weighted by Gasteiger charge is 2.15. The summed E-state index contributed by atoms with van der Waals surface area (Å²) >= 11 is 0. The van der Waals surface area contributed by atoms with Gasteiger partial charge in [-0.25, -0.2) is 0 Å². The van der Waals surface area contributed by atoms with Gasteiger partial charge >= 0.3 is 0 Å². The van der Waals surface area contributed by atoms with E-state index < -0.39 is 7.26 Å². The molecule has 0 unspecified atom stereocenters. The molecule has 0 aromatic heterocycles. The van der Waals surface area contributed by atoms with E-state index in [4.69, 9.17) is 0 Å². The van der Waals surface area contributed by atoms with Crippen molar-refractivity contribution in [2.24, 2.45) is 0 Å². The summed E-state index contributed by atoms with van der Waals surface area (Å²) in [6.45, 7) is 9.77. The molecule has 0 fully saturated rings. The molecule has 2 heteroatoms. The Kier molecular flexibility index (Phi) is 55.8. The molecule has 0 spiro atoms. The molecular formula is C55H114BrP. The van der Waals surface area contributed by atoms with Crippen LogP contribution in [-0.2, 0) is 0 Å². The molecule has 57 heavy (non-hydrogen) atoms. The van der Waals surface area contributed by atoms with Crippen molar-refractivity contribution in [3.63, 3.8) is 0 Å². The zero-order valence-corrected chi connectivity index (χ0v) is 43.4. The Morgan fingerprint density at radius 1 is 0.175 bits per heavy atom. The fourth-order valence-corrected chi connectivity index (χ4v) is 10.3. The van der Waals surface area contributed by atoms with E-state index in [1.54, 1.807) is 0 Å². The first-order valence-electron chi connectivity index (χ1n) is 27.4. The topological polar surface area (TPSA) is 0 Å². The largest absolute Gasteiger partial charge is 1.00 e. The number of hydrogen-bond acceptors (Lipinski definition) is 0. The molecule has 0 amide bonds. The van der Waals surface area contributed by atoms with Gasteiger partial charge in [-0.05, 0) is 12.8 Å². The van der Waals surface area contributed by atoms with E-state index in [9.17, 15) is 0 Å². The van der Waals surface area contributed by atoms with Crippen LogP contribution in [0.25, 0.3) is 0 Å². The fourth-order valence-electron chi connectivity index (χ4n) is 9.14. The summed E-state index contributed by atoms with van der Waals surface area (Å²) in [4.78, 5) is 0. The monoisotopic (exact) mass is 885 g/mol. The van der Waals surface area contributed by atoms with Crippen LogP contribution in [0.1, 0.15) is 328 Å². The van der Waals surface area contributed by atoms with Gasteiger partial charge in [0.15, 0.2) is 0 Å². The smallest absolute Gasteiger partial charge is 0.0586 e. The lowest BCUT2D eigenvalue weighted by Crippen LogP contribution is -3.00.